The molecule has 1 heterocycles. The summed E-state index contributed by atoms with van der Waals surface area (Å²) in [5.41, 5.74) is 2.32. The van der Waals surface area contributed by atoms with Crippen LogP contribution >= 0.6 is 39.1 Å². The number of hydrogen-bond donors (Lipinski definition) is 1. The normalized spacial score (nSPS) is 15.3. The van der Waals surface area contributed by atoms with Gasteiger partial charge >= 0.3 is 0 Å². The van der Waals surface area contributed by atoms with Crippen LogP contribution in [0.4, 0.5) is 11.4 Å². The van der Waals surface area contributed by atoms with E-state index < -0.39 is 10.0 Å². The van der Waals surface area contributed by atoms with E-state index in [1.165, 1.54) is 18.2 Å². The zero-order valence-corrected chi connectivity index (χ0v) is 21.3. The number of carbonyl (C=O) groups excluding carboxylic acids is 1. The number of ether oxygens (including phenoxy) is 1. The van der Waals surface area contributed by atoms with Crippen LogP contribution in [0.15, 0.2) is 70.0 Å². The first-order valence-corrected chi connectivity index (χ1v) is 13.0. The third kappa shape index (κ3) is 5.30. The number of nitrogens with one attached hydrogen (secondary N) is 1. The van der Waals surface area contributed by atoms with Gasteiger partial charge < -0.3 is 9.64 Å². The molecule has 0 spiro atoms. The van der Waals surface area contributed by atoms with E-state index in [9.17, 15) is 13.2 Å². The van der Waals surface area contributed by atoms with Crippen molar-refractivity contribution in [3.63, 3.8) is 0 Å². The number of rotatable bonds is 6. The van der Waals surface area contributed by atoms with Crippen molar-refractivity contribution in [3.8, 4) is 5.75 Å². The smallest absolute Gasteiger partial charge is 0.265 e. The minimum atomic E-state index is -3.87. The van der Waals surface area contributed by atoms with E-state index in [2.05, 4.69) is 20.7 Å². The van der Waals surface area contributed by atoms with Gasteiger partial charge in [0, 0.05) is 26.9 Å². The average molecular weight is 570 g/mol. The van der Waals surface area contributed by atoms with Gasteiger partial charge in [-0.3, -0.25) is 9.52 Å². The van der Waals surface area contributed by atoms with Gasteiger partial charge in [-0.25, -0.2) is 8.42 Å². The van der Waals surface area contributed by atoms with Crippen molar-refractivity contribution >= 4 is 66.4 Å². The van der Waals surface area contributed by atoms with E-state index >= 15 is 0 Å². The molecule has 0 saturated carbocycles. The van der Waals surface area contributed by atoms with Crippen LogP contribution < -0.4 is 14.4 Å². The molecule has 10 heteroatoms. The summed E-state index contributed by atoms with van der Waals surface area (Å²) < 4.78 is 34.4. The quantitative estimate of drug-likeness (QED) is 0.400. The molecule has 3 aromatic carbocycles. The molecule has 0 unspecified atom stereocenters. The fraction of sp³-hybridized carbons (Fsp3) is 0.174. The molecular formula is C23H19BrCl2N2O4S. The van der Waals surface area contributed by atoms with Gasteiger partial charge in [0.05, 0.1) is 9.92 Å². The molecule has 172 valence electrons. The van der Waals surface area contributed by atoms with E-state index in [0.29, 0.717) is 10.7 Å². The summed E-state index contributed by atoms with van der Waals surface area (Å²) in [4.78, 5) is 14.6. The Bertz CT molecular complexity index is 1320. The van der Waals surface area contributed by atoms with Crippen molar-refractivity contribution in [2.75, 3.05) is 16.2 Å². The molecule has 0 aliphatic carbocycles. The van der Waals surface area contributed by atoms with Gasteiger partial charge in [-0.2, -0.15) is 0 Å². The number of fused-ring (bicyclic) bond motifs is 1. The van der Waals surface area contributed by atoms with Crippen LogP contribution in [-0.4, -0.2) is 27.0 Å². The Labute approximate surface area is 210 Å². The minimum Gasteiger partial charge on any atom is -0.482 e. The molecule has 6 nitrogen and oxygen atoms in total. The highest BCUT2D eigenvalue weighted by Gasteiger charge is 2.31. The van der Waals surface area contributed by atoms with Crippen molar-refractivity contribution in [3.05, 3.63) is 80.7 Å². The molecule has 0 saturated heterocycles. The van der Waals surface area contributed by atoms with Crippen molar-refractivity contribution in [2.45, 2.75) is 24.3 Å². The highest BCUT2D eigenvalue weighted by atomic mass is 79.9. The predicted octanol–water partition coefficient (Wildman–Crippen LogP) is 5.91. The van der Waals surface area contributed by atoms with Gasteiger partial charge in [-0.1, -0.05) is 39.1 Å². The summed E-state index contributed by atoms with van der Waals surface area (Å²) in [5, 5.41) is 0.581. The van der Waals surface area contributed by atoms with Crippen LogP contribution in [0, 0.1) is 0 Å². The monoisotopic (exact) mass is 568 g/mol. The number of sulfonamides is 1. The fourth-order valence-corrected chi connectivity index (χ4v) is 5.61. The number of nitrogens with zero attached hydrogens (tertiary/aromatic N) is 1. The Hall–Kier alpha value is -2.26. The Morgan fingerprint density at radius 1 is 1.12 bits per heavy atom. The van der Waals surface area contributed by atoms with Crippen LogP contribution in [0.5, 0.6) is 5.75 Å². The van der Waals surface area contributed by atoms with Gasteiger partial charge in [0.15, 0.2) is 6.61 Å². The Kier molecular flexibility index (Phi) is 6.91. The number of hydrogen-bond acceptors (Lipinski definition) is 4. The number of amides is 1. The first-order chi connectivity index (χ1) is 15.6. The molecular weight excluding hydrogens is 551 g/mol. The molecule has 0 bridgehead atoms. The fourth-order valence-electron chi connectivity index (χ4n) is 3.69. The van der Waals surface area contributed by atoms with Crippen LogP contribution in [0.2, 0.25) is 10.0 Å². The topological polar surface area (TPSA) is 75.7 Å². The highest BCUT2D eigenvalue weighted by molar-refractivity contribution is 9.10. The molecule has 4 rings (SSSR count). The Morgan fingerprint density at radius 2 is 1.85 bits per heavy atom. The Balaban J connectivity index is 1.45. The number of benzene rings is 3. The lowest BCUT2D eigenvalue weighted by Gasteiger charge is -2.23. The summed E-state index contributed by atoms with van der Waals surface area (Å²) in [5.74, 6) is 0.0130. The van der Waals surface area contributed by atoms with Gasteiger partial charge in [0.1, 0.15) is 5.75 Å². The second kappa shape index (κ2) is 9.54. The largest absolute Gasteiger partial charge is 0.482 e. The zero-order valence-electron chi connectivity index (χ0n) is 17.4. The lowest BCUT2D eigenvalue weighted by atomic mass is 10.1. The maximum atomic E-state index is 12.9. The average Bonchev–Trinajstić information content (AvgIpc) is 3.08. The van der Waals surface area contributed by atoms with Crippen LogP contribution in [0.25, 0.3) is 0 Å². The highest BCUT2D eigenvalue weighted by Crippen LogP contribution is 2.34. The van der Waals surface area contributed by atoms with Gasteiger partial charge in [-0.05, 0) is 79.6 Å². The molecule has 1 aliphatic rings. The molecule has 0 fully saturated rings. The molecule has 3 aromatic rings. The van der Waals surface area contributed by atoms with E-state index in [1.807, 2.05) is 25.1 Å². The second-order valence-electron chi connectivity index (χ2n) is 7.58. The van der Waals surface area contributed by atoms with Crippen molar-refractivity contribution in [1.29, 1.82) is 0 Å². The predicted molar refractivity (Wildman–Crippen MR) is 134 cm³/mol. The van der Waals surface area contributed by atoms with E-state index in [1.54, 1.807) is 29.2 Å². The zero-order chi connectivity index (χ0) is 23.8. The summed E-state index contributed by atoms with van der Waals surface area (Å²) in [6.07, 6.45) is 0.758. The lowest BCUT2D eigenvalue weighted by molar-refractivity contribution is -0.120. The first kappa shape index (κ1) is 23.9. The molecule has 33 heavy (non-hydrogen) atoms. The summed E-state index contributed by atoms with van der Waals surface area (Å²) >= 11 is 15.6. The lowest BCUT2D eigenvalue weighted by Crippen LogP contribution is -2.39. The summed E-state index contributed by atoms with van der Waals surface area (Å²) in [6.45, 7) is 1.75. The second-order valence-corrected chi connectivity index (χ2v) is 11.0. The summed E-state index contributed by atoms with van der Waals surface area (Å²) in [6, 6.07) is 16.2. The van der Waals surface area contributed by atoms with E-state index in [0.717, 1.165) is 22.1 Å². The van der Waals surface area contributed by atoms with Gasteiger partial charge in [0.25, 0.3) is 15.9 Å². The van der Waals surface area contributed by atoms with E-state index in [-0.39, 0.29) is 34.2 Å². The van der Waals surface area contributed by atoms with Gasteiger partial charge in [0.2, 0.25) is 0 Å². The molecule has 1 N–H and O–H groups in total. The maximum Gasteiger partial charge on any atom is 0.265 e. The molecule has 1 amide bonds. The number of anilines is 2. The third-order valence-corrected chi connectivity index (χ3v) is 7.61. The van der Waals surface area contributed by atoms with Crippen molar-refractivity contribution in [2.24, 2.45) is 0 Å². The van der Waals surface area contributed by atoms with E-state index in [4.69, 9.17) is 27.9 Å². The minimum absolute atomic E-state index is 0.00679. The van der Waals surface area contributed by atoms with Crippen LogP contribution in [-0.2, 0) is 21.2 Å². The SMILES string of the molecule is C[C@@H]1Cc2cc(Br)ccc2N1C(=O)COc1ccc(S(=O)(=O)Nc2ccc(Cl)cc2)cc1Cl. The standard InChI is InChI=1S/C23H19BrCl2N2O4S/c1-14-10-15-11-16(24)2-8-21(15)28(14)23(29)13-32-22-9-7-19(12-20(22)26)33(30,31)27-18-5-3-17(25)4-6-18/h2-9,11-12,14,27H,10,13H2,1H3/t14-/m1/s1. The Morgan fingerprint density at radius 3 is 2.55 bits per heavy atom. The van der Waals surface area contributed by atoms with Crippen LogP contribution in [0.3, 0.4) is 0 Å². The number of carbonyl (C=O) groups is 1. The van der Waals surface area contributed by atoms with Crippen LogP contribution in [0.1, 0.15) is 12.5 Å². The maximum absolute atomic E-state index is 12.9. The molecule has 0 radical (unpaired) electrons. The molecule has 0 aromatic heterocycles. The molecule has 1 aliphatic heterocycles. The van der Waals surface area contributed by atoms with Gasteiger partial charge in [-0.15, -0.1) is 0 Å². The molecule has 1 atom stereocenters. The number of halogens is 3. The summed E-state index contributed by atoms with van der Waals surface area (Å²) in [7, 11) is -3.87. The van der Waals surface area contributed by atoms with Crippen molar-refractivity contribution in [1.82, 2.24) is 0 Å². The first-order valence-electron chi connectivity index (χ1n) is 9.95. The van der Waals surface area contributed by atoms with Crippen molar-refractivity contribution < 1.29 is 17.9 Å². The third-order valence-electron chi connectivity index (χ3n) is 5.19.